The molecule has 7 nitrogen and oxygen atoms in total. The molecule has 0 N–H and O–H groups in total. The summed E-state index contributed by atoms with van der Waals surface area (Å²) in [4.78, 5) is 28.1. The molecule has 0 unspecified atom stereocenters. The molecule has 1 aromatic carbocycles. The van der Waals surface area contributed by atoms with Gasteiger partial charge in [0.25, 0.3) is 5.56 Å². The highest BCUT2D eigenvalue weighted by Crippen LogP contribution is 2.23. The van der Waals surface area contributed by atoms with Gasteiger partial charge in [-0.05, 0) is 24.0 Å². The quantitative estimate of drug-likeness (QED) is 0.551. The van der Waals surface area contributed by atoms with Gasteiger partial charge in [0.05, 0.1) is 11.8 Å². The fourth-order valence-corrected chi connectivity index (χ4v) is 4.08. The van der Waals surface area contributed by atoms with Gasteiger partial charge in [0.2, 0.25) is 5.91 Å². The molecule has 0 saturated carbocycles. The Morgan fingerprint density at radius 2 is 2.04 bits per heavy atom. The Labute approximate surface area is 160 Å². The Hall–Kier alpha value is -3.35. The van der Waals surface area contributed by atoms with Gasteiger partial charge in [-0.25, -0.2) is 4.68 Å². The van der Waals surface area contributed by atoms with Crippen molar-refractivity contribution in [2.24, 2.45) is 0 Å². The van der Waals surface area contributed by atoms with E-state index >= 15 is 0 Å². The van der Waals surface area contributed by atoms with Crippen LogP contribution in [0.1, 0.15) is 30.5 Å². The summed E-state index contributed by atoms with van der Waals surface area (Å²) in [6, 6.07) is 11.1. The first-order chi connectivity index (χ1) is 13.7. The molecule has 1 aliphatic rings. The lowest BCUT2D eigenvalue weighted by atomic mass is 9.99. The van der Waals surface area contributed by atoms with Crippen LogP contribution in [0, 0.1) is 0 Å². The monoisotopic (exact) mass is 376 g/mol. The predicted octanol–water partition coefficient (Wildman–Crippen LogP) is 2.78. The summed E-state index contributed by atoms with van der Waals surface area (Å²) in [5.74, 6) is -0.0637. The van der Waals surface area contributed by atoms with Gasteiger partial charge in [-0.15, -0.1) is 0 Å². The topological polar surface area (TPSA) is 72.8 Å². The van der Waals surface area contributed by atoms with E-state index in [1.165, 1.54) is 15.8 Å². The van der Waals surface area contributed by atoms with Crippen molar-refractivity contribution in [1.82, 2.24) is 19.1 Å². The van der Waals surface area contributed by atoms with E-state index in [2.05, 4.69) is 17.2 Å². The third kappa shape index (κ3) is 2.46. The summed E-state index contributed by atoms with van der Waals surface area (Å²) in [6.07, 6.45) is 4.48. The second-order valence-electron chi connectivity index (χ2n) is 7.15. The minimum Gasteiger partial charge on any atom is -0.463 e. The van der Waals surface area contributed by atoms with E-state index in [0.717, 1.165) is 11.9 Å². The zero-order valence-electron chi connectivity index (χ0n) is 15.5. The summed E-state index contributed by atoms with van der Waals surface area (Å²) >= 11 is 0. The summed E-state index contributed by atoms with van der Waals surface area (Å²) in [6.45, 7) is 3.13. The molecule has 1 atom stereocenters. The minimum absolute atomic E-state index is 0.0637. The fourth-order valence-electron chi connectivity index (χ4n) is 4.08. The van der Waals surface area contributed by atoms with Crippen LogP contribution < -0.4 is 5.56 Å². The molecule has 1 amide bonds. The van der Waals surface area contributed by atoms with Crippen molar-refractivity contribution in [3.63, 3.8) is 0 Å². The maximum Gasteiger partial charge on any atom is 0.291 e. The number of hydrogen-bond acceptors (Lipinski definition) is 4. The average molecular weight is 376 g/mol. The molecule has 0 fully saturated rings. The number of nitrogens with zero attached hydrogens (tertiary/aromatic N) is 4. The van der Waals surface area contributed by atoms with E-state index in [0.29, 0.717) is 30.6 Å². The SMILES string of the molecule is CC[C@@H](C(=O)N1CCc2ccccc2C1)n1ncn2c(cc3occc32)c1=O. The van der Waals surface area contributed by atoms with Gasteiger partial charge >= 0.3 is 0 Å². The number of amides is 1. The highest BCUT2D eigenvalue weighted by Gasteiger charge is 2.29. The highest BCUT2D eigenvalue weighted by atomic mass is 16.3. The molecule has 4 heterocycles. The standard InChI is InChI=1S/C21H20N4O3/c1-2-16(20(26)23-9-7-14-5-3-4-6-15(14)12-23)25-21(27)18-11-19-17(8-10-28-19)24(18)13-22-25/h3-6,8,10-11,13,16H,2,7,9,12H2,1H3/t16-/m0/s1. The number of aromatic nitrogens is 3. The number of carbonyl (C=O) groups excluding carboxylic acids is 1. The van der Waals surface area contributed by atoms with E-state index in [4.69, 9.17) is 4.42 Å². The zero-order chi connectivity index (χ0) is 19.3. The van der Waals surface area contributed by atoms with Crippen molar-refractivity contribution in [1.29, 1.82) is 0 Å². The molecular weight excluding hydrogens is 356 g/mol. The third-order valence-corrected chi connectivity index (χ3v) is 5.59. The van der Waals surface area contributed by atoms with Crippen molar-refractivity contribution in [2.45, 2.75) is 32.4 Å². The van der Waals surface area contributed by atoms with Crippen LogP contribution in [0.4, 0.5) is 0 Å². The van der Waals surface area contributed by atoms with Crippen LogP contribution in [-0.4, -0.2) is 31.5 Å². The van der Waals surface area contributed by atoms with Crippen molar-refractivity contribution in [2.75, 3.05) is 6.54 Å². The molecule has 0 spiro atoms. The van der Waals surface area contributed by atoms with Crippen molar-refractivity contribution >= 4 is 22.5 Å². The normalized spacial score (nSPS) is 15.1. The number of rotatable bonds is 3. The van der Waals surface area contributed by atoms with Gasteiger partial charge in [0.1, 0.15) is 17.9 Å². The predicted molar refractivity (Wildman–Crippen MR) is 104 cm³/mol. The Balaban J connectivity index is 1.51. The lowest BCUT2D eigenvalue weighted by Crippen LogP contribution is -2.43. The Bertz CT molecular complexity index is 1250. The molecule has 0 radical (unpaired) electrons. The number of furan rings is 1. The van der Waals surface area contributed by atoms with E-state index in [1.54, 1.807) is 29.1 Å². The van der Waals surface area contributed by atoms with Gasteiger partial charge in [0.15, 0.2) is 5.58 Å². The molecule has 4 aromatic rings. The lowest BCUT2D eigenvalue weighted by molar-refractivity contribution is -0.136. The molecule has 0 saturated heterocycles. The van der Waals surface area contributed by atoms with Gasteiger partial charge in [0, 0.05) is 25.2 Å². The summed E-state index contributed by atoms with van der Waals surface area (Å²) in [5.41, 5.74) is 4.04. The van der Waals surface area contributed by atoms with Gasteiger partial charge in [-0.1, -0.05) is 31.2 Å². The Kier molecular flexibility index (Phi) is 3.82. The van der Waals surface area contributed by atoms with E-state index < -0.39 is 6.04 Å². The van der Waals surface area contributed by atoms with Crippen molar-refractivity contribution in [3.8, 4) is 0 Å². The summed E-state index contributed by atoms with van der Waals surface area (Å²) in [7, 11) is 0. The minimum atomic E-state index is -0.621. The Morgan fingerprint density at radius 3 is 2.86 bits per heavy atom. The lowest BCUT2D eigenvalue weighted by Gasteiger charge is -2.31. The highest BCUT2D eigenvalue weighted by molar-refractivity contribution is 5.83. The van der Waals surface area contributed by atoms with Gasteiger partial charge < -0.3 is 9.32 Å². The fraction of sp³-hybridized carbons (Fsp3) is 0.286. The second kappa shape index (κ2) is 6.37. The third-order valence-electron chi connectivity index (χ3n) is 5.59. The van der Waals surface area contributed by atoms with Crippen LogP contribution in [0.3, 0.4) is 0 Å². The molecule has 3 aromatic heterocycles. The van der Waals surface area contributed by atoms with E-state index in [1.807, 2.05) is 24.0 Å². The Morgan fingerprint density at radius 1 is 1.21 bits per heavy atom. The van der Waals surface area contributed by atoms with Crippen LogP contribution in [0.5, 0.6) is 0 Å². The van der Waals surface area contributed by atoms with Crippen molar-refractivity contribution < 1.29 is 9.21 Å². The zero-order valence-corrected chi connectivity index (χ0v) is 15.5. The van der Waals surface area contributed by atoms with Gasteiger partial charge in [-0.3, -0.25) is 14.0 Å². The summed E-state index contributed by atoms with van der Waals surface area (Å²) < 4.78 is 8.41. The first-order valence-corrected chi connectivity index (χ1v) is 9.49. The van der Waals surface area contributed by atoms with Crippen LogP contribution in [0.2, 0.25) is 0 Å². The molecule has 0 aliphatic carbocycles. The largest absolute Gasteiger partial charge is 0.463 e. The van der Waals surface area contributed by atoms with Crippen LogP contribution in [0.15, 0.2) is 58.2 Å². The molecule has 0 bridgehead atoms. The average Bonchev–Trinajstić information content (AvgIpc) is 3.32. The van der Waals surface area contributed by atoms with E-state index in [9.17, 15) is 9.59 Å². The number of carbonyl (C=O) groups is 1. The van der Waals surface area contributed by atoms with Crippen LogP contribution in [-0.2, 0) is 17.8 Å². The number of hydrogen-bond donors (Lipinski definition) is 0. The smallest absolute Gasteiger partial charge is 0.291 e. The van der Waals surface area contributed by atoms with Crippen LogP contribution in [0.25, 0.3) is 16.6 Å². The first kappa shape index (κ1) is 16.8. The van der Waals surface area contributed by atoms with Gasteiger partial charge in [-0.2, -0.15) is 5.10 Å². The van der Waals surface area contributed by atoms with Crippen molar-refractivity contribution in [3.05, 3.63) is 70.5 Å². The molecule has 1 aliphatic heterocycles. The second-order valence-corrected chi connectivity index (χ2v) is 7.15. The molecule has 142 valence electrons. The van der Waals surface area contributed by atoms with E-state index in [-0.39, 0.29) is 11.5 Å². The maximum absolute atomic E-state index is 13.3. The first-order valence-electron chi connectivity index (χ1n) is 9.49. The van der Waals surface area contributed by atoms with Crippen LogP contribution >= 0.6 is 0 Å². The molecule has 7 heteroatoms. The molecule has 5 rings (SSSR count). The maximum atomic E-state index is 13.3. The number of fused-ring (bicyclic) bond motifs is 4. The summed E-state index contributed by atoms with van der Waals surface area (Å²) in [5, 5.41) is 4.32. The molecular formula is C21H20N4O3. The molecule has 28 heavy (non-hydrogen) atoms. The number of benzene rings is 1.